The van der Waals surface area contributed by atoms with E-state index in [2.05, 4.69) is 13.8 Å². The van der Waals surface area contributed by atoms with Crippen molar-refractivity contribution in [3.8, 4) is 11.5 Å². The molecule has 1 aliphatic rings. The molecule has 160 valence electrons. The third-order valence-electron chi connectivity index (χ3n) is 4.96. The van der Waals surface area contributed by atoms with E-state index in [0.29, 0.717) is 35.8 Å². The highest BCUT2D eigenvalue weighted by Gasteiger charge is 2.35. The second kappa shape index (κ2) is 9.28. The van der Waals surface area contributed by atoms with Crippen LogP contribution >= 0.6 is 0 Å². The van der Waals surface area contributed by atoms with Gasteiger partial charge in [-0.2, -0.15) is 0 Å². The van der Waals surface area contributed by atoms with Crippen LogP contribution in [0.3, 0.4) is 0 Å². The van der Waals surface area contributed by atoms with E-state index >= 15 is 0 Å². The van der Waals surface area contributed by atoms with E-state index in [1.807, 2.05) is 26.0 Å². The first kappa shape index (κ1) is 21.8. The zero-order chi connectivity index (χ0) is 21.7. The van der Waals surface area contributed by atoms with E-state index in [1.165, 1.54) is 0 Å². The summed E-state index contributed by atoms with van der Waals surface area (Å²) in [7, 11) is 0. The van der Waals surface area contributed by atoms with Crippen molar-refractivity contribution in [3.63, 3.8) is 0 Å². The fraction of sp³-hybridized carbons (Fsp3) is 0.391. The molecule has 0 unspecified atom stereocenters. The van der Waals surface area contributed by atoms with Gasteiger partial charge in [0.2, 0.25) is 0 Å². The largest absolute Gasteiger partial charge is 0.457 e. The first-order valence-electron chi connectivity index (χ1n) is 9.85. The molecule has 2 aromatic carbocycles. The van der Waals surface area contributed by atoms with Crippen molar-refractivity contribution in [2.45, 2.75) is 33.1 Å². The minimum atomic E-state index is -0.494. The van der Waals surface area contributed by atoms with Gasteiger partial charge < -0.3 is 23.7 Å². The topological polar surface area (TPSA) is 80.3 Å². The number of hydrogen-bond acceptors (Lipinski definition) is 7. The van der Waals surface area contributed by atoms with Gasteiger partial charge in [0.15, 0.2) is 13.6 Å². The summed E-state index contributed by atoms with van der Waals surface area (Å²) in [6.45, 7) is 8.48. The van der Waals surface area contributed by atoms with Crippen LogP contribution in [-0.2, 0) is 24.4 Å². The van der Waals surface area contributed by atoms with Crippen LogP contribution < -0.4 is 4.74 Å². The van der Waals surface area contributed by atoms with Crippen molar-refractivity contribution in [2.24, 2.45) is 0 Å². The van der Waals surface area contributed by atoms with Crippen LogP contribution in [0.2, 0.25) is 0 Å². The van der Waals surface area contributed by atoms with Gasteiger partial charge in [-0.1, -0.05) is 26.0 Å². The molecular weight excluding hydrogens is 388 g/mol. The Morgan fingerprint density at radius 1 is 0.800 bits per heavy atom. The van der Waals surface area contributed by atoms with E-state index in [1.54, 1.807) is 24.3 Å². The van der Waals surface area contributed by atoms with Gasteiger partial charge in [-0.15, -0.1) is 0 Å². The molecule has 0 fully saturated rings. The molecule has 3 rings (SSSR count). The zero-order valence-electron chi connectivity index (χ0n) is 17.7. The standard InChI is InChI=1S/C23H26O7/c1-5-26-13-28-21(24)15-7-9-17-19(11-15)30-20-12-16(22(25)29-14-27-6-2)8-10-18(20)23(17,3)4/h7-12H,5-6,13-14H2,1-4H3. The average molecular weight is 414 g/mol. The van der Waals surface area contributed by atoms with Crippen LogP contribution in [0.1, 0.15) is 59.5 Å². The van der Waals surface area contributed by atoms with Crippen LogP contribution in [0.4, 0.5) is 0 Å². The summed E-state index contributed by atoms with van der Waals surface area (Å²) in [5, 5.41) is 0. The van der Waals surface area contributed by atoms with Crippen LogP contribution in [0, 0.1) is 0 Å². The molecule has 0 aromatic heterocycles. The Kier molecular flexibility index (Phi) is 6.74. The first-order chi connectivity index (χ1) is 14.4. The zero-order valence-corrected chi connectivity index (χ0v) is 17.7. The lowest BCUT2D eigenvalue weighted by molar-refractivity contribution is -0.0282. The first-order valence-corrected chi connectivity index (χ1v) is 9.85. The maximum atomic E-state index is 12.3. The summed E-state index contributed by atoms with van der Waals surface area (Å²) in [5.41, 5.74) is 2.20. The summed E-state index contributed by atoms with van der Waals surface area (Å²) < 4.78 is 26.4. The second-order valence-corrected chi connectivity index (χ2v) is 7.23. The molecule has 0 spiro atoms. The molecule has 30 heavy (non-hydrogen) atoms. The van der Waals surface area contributed by atoms with Crippen molar-refractivity contribution in [3.05, 3.63) is 58.7 Å². The van der Waals surface area contributed by atoms with Crippen molar-refractivity contribution in [2.75, 3.05) is 26.8 Å². The van der Waals surface area contributed by atoms with Crippen molar-refractivity contribution in [1.82, 2.24) is 0 Å². The molecule has 0 bridgehead atoms. The Hall–Kier alpha value is -2.90. The molecule has 0 aliphatic carbocycles. The Morgan fingerprint density at radius 3 is 1.63 bits per heavy atom. The highest BCUT2D eigenvalue weighted by Crippen LogP contribution is 2.48. The van der Waals surface area contributed by atoms with Crippen LogP contribution in [0.25, 0.3) is 0 Å². The molecule has 7 heteroatoms. The van der Waals surface area contributed by atoms with Crippen LogP contribution in [-0.4, -0.2) is 38.7 Å². The quantitative estimate of drug-likeness (QED) is 0.359. The van der Waals surface area contributed by atoms with Gasteiger partial charge in [0.1, 0.15) is 11.5 Å². The molecule has 2 aromatic rings. The third kappa shape index (κ3) is 4.47. The number of ether oxygens (including phenoxy) is 5. The molecule has 1 aliphatic heterocycles. The van der Waals surface area contributed by atoms with Gasteiger partial charge in [0.05, 0.1) is 11.1 Å². The highest BCUT2D eigenvalue weighted by atomic mass is 16.7. The fourth-order valence-electron chi connectivity index (χ4n) is 3.29. The Balaban J connectivity index is 1.86. The maximum Gasteiger partial charge on any atom is 0.340 e. The molecule has 0 radical (unpaired) electrons. The average Bonchev–Trinajstić information content (AvgIpc) is 2.73. The Morgan fingerprint density at radius 2 is 1.23 bits per heavy atom. The lowest BCUT2D eigenvalue weighted by atomic mass is 9.75. The van der Waals surface area contributed by atoms with E-state index in [4.69, 9.17) is 23.7 Å². The Labute approximate surface area is 175 Å². The molecule has 0 saturated carbocycles. The van der Waals surface area contributed by atoms with Gasteiger partial charge in [-0.25, -0.2) is 9.59 Å². The predicted octanol–water partition coefficient (Wildman–Crippen LogP) is 4.42. The Bertz CT molecular complexity index is 860. The number of carbonyl (C=O) groups is 2. The molecule has 0 amide bonds. The summed E-state index contributed by atoms with van der Waals surface area (Å²) in [5.74, 6) is 0.0924. The third-order valence-corrected chi connectivity index (χ3v) is 4.96. The van der Waals surface area contributed by atoms with Gasteiger partial charge >= 0.3 is 11.9 Å². The van der Waals surface area contributed by atoms with Gasteiger partial charge in [0, 0.05) is 29.8 Å². The molecule has 0 atom stereocenters. The molecule has 7 nitrogen and oxygen atoms in total. The maximum absolute atomic E-state index is 12.3. The SMILES string of the molecule is CCOCOC(=O)c1ccc2c(c1)Oc1cc(C(=O)OCOCC)ccc1C2(C)C. The van der Waals surface area contributed by atoms with Gasteiger partial charge in [0.25, 0.3) is 0 Å². The van der Waals surface area contributed by atoms with E-state index in [9.17, 15) is 9.59 Å². The number of fused-ring (bicyclic) bond motifs is 2. The minimum Gasteiger partial charge on any atom is -0.457 e. The number of carbonyl (C=O) groups excluding carboxylic acids is 2. The summed E-state index contributed by atoms with van der Waals surface area (Å²) in [6, 6.07) is 10.4. The van der Waals surface area contributed by atoms with Crippen molar-refractivity contribution in [1.29, 1.82) is 0 Å². The van der Waals surface area contributed by atoms with Gasteiger partial charge in [-0.3, -0.25) is 0 Å². The monoisotopic (exact) mass is 414 g/mol. The minimum absolute atomic E-state index is 0.102. The van der Waals surface area contributed by atoms with Crippen LogP contribution in [0.5, 0.6) is 11.5 Å². The smallest absolute Gasteiger partial charge is 0.340 e. The van der Waals surface area contributed by atoms with Crippen molar-refractivity contribution >= 4 is 11.9 Å². The number of hydrogen-bond donors (Lipinski definition) is 0. The number of rotatable bonds is 8. The summed E-state index contributed by atoms with van der Waals surface area (Å²) in [4.78, 5) is 24.5. The molecular formula is C23H26O7. The molecule has 0 saturated heterocycles. The highest BCUT2D eigenvalue weighted by molar-refractivity contribution is 5.91. The summed E-state index contributed by atoms with van der Waals surface area (Å²) in [6.07, 6.45) is 0. The fourth-order valence-corrected chi connectivity index (χ4v) is 3.29. The predicted molar refractivity (Wildman–Crippen MR) is 109 cm³/mol. The van der Waals surface area contributed by atoms with Gasteiger partial charge in [-0.05, 0) is 38.1 Å². The lowest BCUT2D eigenvalue weighted by Gasteiger charge is -2.34. The summed E-state index contributed by atoms with van der Waals surface area (Å²) >= 11 is 0. The van der Waals surface area contributed by atoms with Crippen molar-refractivity contribution < 1.29 is 33.3 Å². The van der Waals surface area contributed by atoms with E-state index < -0.39 is 11.9 Å². The molecule has 1 heterocycles. The normalized spacial score (nSPS) is 13.6. The number of esters is 2. The number of benzene rings is 2. The molecule has 0 N–H and O–H groups in total. The van der Waals surface area contributed by atoms with E-state index in [-0.39, 0.29) is 19.0 Å². The van der Waals surface area contributed by atoms with E-state index in [0.717, 1.165) is 11.1 Å². The second-order valence-electron chi connectivity index (χ2n) is 7.23. The lowest BCUT2D eigenvalue weighted by Crippen LogP contribution is -2.25. The van der Waals surface area contributed by atoms with Crippen LogP contribution in [0.15, 0.2) is 36.4 Å².